The Morgan fingerprint density at radius 3 is 2.19 bits per heavy atom. The number of aryl methyl sites for hydroxylation is 1. The quantitative estimate of drug-likeness (QED) is 0.617. The van der Waals surface area contributed by atoms with Gasteiger partial charge in [0, 0.05) is 26.7 Å². The number of urea groups is 1. The molecule has 0 aliphatic carbocycles. The highest BCUT2D eigenvalue weighted by Crippen LogP contribution is 2.15. The Morgan fingerprint density at radius 1 is 0.846 bits per heavy atom. The standard InChI is InChI=1S/C20H19N3O2S/c1-14-7-12-18(26-14)13-21-20(25)23-17-10-8-15(9-11-17)19(24)22-16-5-3-2-4-6-16/h2-12H,13H2,1H3,(H,22,24)(H2,21,23,25). The number of carbonyl (C=O) groups excluding carboxylic acids is 2. The van der Waals surface area contributed by atoms with E-state index in [9.17, 15) is 9.59 Å². The molecule has 0 radical (unpaired) electrons. The van der Waals surface area contributed by atoms with Gasteiger partial charge in [-0.2, -0.15) is 0 Å². The Bertz CT molecular complexity index is 889. The second-order valence-electron chi connectivity index (χ2n) is 5.72. The molecule has 6 heteroatoms. The van der Waals surface area contributed by atoms with Crippen LogP contribution < -0.4 is 16.0 Å². The molecule has 0 bridgehead atoms. The SMILES string of the molecule is Cc1ccc(CNC(=O)Nc2ccc(C(=O)Nc3ccccc3)cc2)s1. The van der Waals surface area contributed by atoms with Crippen molar-refractivity contribution in [1.29, 1.82) is 0 Å². The maximum absolute atomic E-state index is 12.2. The molecule has 3 rings (SSSR count). The van der Waals surface area contributed by atoms with Crippen LogP contribution in [-0.2, 0) is 6.54 Å². The minimum Gasteiger partial charge on any atom is -0.333 e. The third-order valence-corrected chi connectivity index (χ3v) is 4.66. The first kappa shape index (κ1) is 17.7. The average molecular weight is 365 g/mol. The summed E-state index contributed by atoms with van der Waals surface area (Å²) >= 11 is 1.65. The highest BCUT2D eigenvalue weighted by atomic mass is 32.1. The molecule has 3 amide bonds. The first-order valence-electron chi connectivity index (χ1n) is 8.17. The molecule has 3 N–H and O–H groups in total. The molecule has 0 atom stereocenters. The Kier molecular flexibility index (Phi) is 5.66. The molecule has 0 saturated heterocycles. The number of rotatable bonds is 5. The van der Waals surface area contributed by atoms with E-state index in [0.717, 1.165) is 10.6 Å². The highest BCUT2D eigenvalue weighted by Gasteiger charge is 2.07. The maximum Gasteiger partial charge on any atom is 0.319 e. The first-order valence-corrected chi connectivity index (χ1v) is 8.98. The van der Waals surface area contributed by atoms with Gasteiger partial charge in [0.15, 0.2) is 0 Å². The maximum atomic E-state index is 12.2. The molecule has 0 saturated carbocycles. The lowest BCUT2D eigenvalue weighted by Gasteiger charge is -2.08. The summed E-state index contributed by atoms with van der Waals surface area (Å²) in [5, 5.41) is 8.39. The topological polar surface area (TPSA) is 70.2 Å². The van der Waals surface area contributed by atoms with Gasteiger partial charge >= 0.3 is 6.03 Å². The molecule has 1 aromatic heterocycles. The van der Waals surface area contributed by atoms with E-state index in [1.165, 1.54) is 4.88 Å². The Hall–Kier alpha value is -3.12. The van der Waals surface area contributed by atoms with Gasteiger partial charge in [0.2, 0.25) is 0 Å². The van der Waals surface area contributed by atoms with Crippen molar-refractivity contribution in [3.8, 4) is 0 Å². The largest absolute Gasteiger partial charge is 0.333 e. The average Bonchev–Trinajstić information content (AvgIpc) is 3.07. The number of hydrogen-bond donors (Lipinski definition) is 3. The zero-order valence-electron chi connectivity index (χ0n) is 14.3. The number of para-hydroxylation sites is 1. The van der Waals surface area contributed by atoms with Gasteiger partial charge in [0.25, 0.3) is 5.91 Å². The van der Waals surface area contributed by atoms with Crippen molar-refractivity contribution < 1.29 is 9.59 Å². The van der Waals surface area contributed by atoms with Gasteiger partial charge < -0.3 is 16.0 Å². The van der Waals surface area contributed by atoms with Crippen LogP contribution in [0.25, 0.3) is 0 Å². The second kappa shape index (κ2) is 8.31. The predicted octanol–water partition coefficient (Wildman–Crippen LogP) is 4.63. The number of carbonyl (C=O) groups is 2. The minimum atomic E-state index is -0.280. The van der Waals surface area contributed by atoms with Gasteiger partial charge in [-0.3, -0.25) is 4.79 Å². The lowest BCUT2D eigenvalue weighted by Crippen LogP contribution is -2.27. The van der Waals surface area contributed by atoms with E-state index >= 15 is 0 Å². The van der Waals surface area contributed by atoms with Crippen LogP contribution in [0.4, 0.5) is 16.2 Å². The monoisotopic (exact) mass is 365 g/mol. The van der Waals surface area contributed by atoms with E-state index in [1.807, 2.05) is 49.4 Å². The summed E-state index contributed by atoms with van der Waals surface area (Å²) in [6.45, 7) is 2.52. The zero-order chi connectivity index (χ0) is 18.4. The number of benzene rings is 2. The van der Waals surface area contributed by atoms with Gasteiger partial charge in [-0.1, -0.05) is 18.2 Å². The van der Waals surface area contributed by atoms with Crippen LogP contribution in [0, 0.1) is 6.92 Å². The molecular formula is C20H19N3O2S. The van der Waals surface area contributed by atoms with Crippen molar-refractivity contribution in [2.24, 2.45) is 0 Å². The number of nitrogens with one attached hydrogen (secondary N) is 3. The molecule has 0 spiro atoms. The van der Waals surface area contributed by atoms with E-state index in [0.29, 0.717) is 17.8 Å². The summed E-state index contributed by atoms with van der Waals surface area (Å²) in [4.78, 5) is 26.5. The summed E-state index contributed by atoms with van der Waals surface area (Å²) in [5.41, 5.74) is 1.89. The van der Waals surface area contributed by atoms with E-state index < -0.39 is 0 Å². The van der Waals surface area contributed by atoms with Crippen LogP contribution in [0.5, 0.6) is 0 Å². The molecule has 0 aliphatic rings. The molecule has 26 heavy (non-hydrogen) atoms. The molecule has 1 heterocycles. The molecule has 0 fully saturated rings. The summed E-state index contributed by atoms with van der Waals surface area (Å²) < 4.78 is 0. The molecule has 3 aromatic rings. The van der Waals surface area contributed by atoms with E-state index in [1.54, 1.807) is 35.6 Å². The number of amides is 3. The third kappa shape index (κ3) is 4.94. The van der Waals surface area contributed by atoms with Crippen LogP contribution in [0.2, 0.25) is 0 Å². The van der Waals surface area contributed by atoms with Crippen LogP contribution in [0.15, 0.2) is 66.7 Å². The predicted molar refractivity (Wildman–Crippen MR) is 106 cm³/mol. The smallest absolute Gasteiger partial charge is 0.319 e. The van der Waals surface area contributed by atoms with Crippen LogP contribution in [0.1, 0.15) is 20.1 Å². The molecular weight excluding hydrogens is 346 g/mol. The number of hydrogen-bond acceptors (Lipinski definition) is 3. The Morgan fingerprint density at radius 2 is 1.54 bits per heavy atom. The summed E-state index contributed by atoms with van der Waals surface area (Å²) in [6, 6.07) is 19.8. The fourth-order valence-electron chi connectivity index (χ4n) is 2.35. The Labute approximate surface area is 156 Å². The number of thiophene rings is 1. The minimum absolute atomic E-state index is 0.194. The fourth-order valence-corrected chi connectivity index (χ4v) is 3.18. The molecule has 0 unspecified atom stereocenters. The fraction of sp³-hybridized carbons (Fsp3) is 0.100. The van der Waals surface area contributed by atoms with Gasteiger partial charge in [-0.25, -0.2) is 4.79 Å². The summed E-state index contributed by atoms with van der Waals surface area (Å²) in [5.74, 6) is -0.194. The van der Waals surface area contributed by atoms with Crippen LogP contribution in [0.3, 0.4) is 0 Å². The van der Waals surface area contributed by atoms with Gasteiger partial charge in [0.05, 0.1) is 6.54 Å². The van der Waals surface area contributed by atoms with Crippen LogP contribution in [-0.4, -0.2) is 11.9 Å². The molecule has 2 aromatic carbocycles. The van der Waals surface area contributed by atoms with Gasteiger partial charge in [-0.15, -0.1) is 11.3 Å². The van der Waals surface area contributed by atoms with E-state index in [2.05, 4.69) is 16.0 Å². The second-order valence-corrected chi connectivity index (χ2v) is 7.09. The highest BCUT2D eigenvalue weighted by molar-refractivity contribution is 7.11. The lowest BCUT2D eigenvalue weighted by atomic mass is 10.2. The molecule has 5 nitrogen and oxygen atoms in total. The van der Waals surface area contributed by atoms with Crippen molar-refractivity contribution >= 4 is 34.6 Å². The molecule has 0 aliphatic heterocycles. The van der Waals surface area contributed by atoms with Gasteiger partial charge in [0.1, 0.15) is 0 Å². The zero-order valence-corrected chi connectivity index (χ0v) is 15.1. The summed E-state index contributed by atoms with van der Waals surface area (Å²) in [6.07, 6.45) is 0. The van der Waals surface area contributed by atoms with Crippen molar-refractivity contribution in [2.45, 2.75) is 13.5 Å². The van der Waals surface area contributed by atoms with E-state index in [4.69, 9.17) is 0 Å². The molecule has 132 valence electrons. The third-order valence-electron chi connectivity index (χ3n) is 3.66. The van der Waals surface area contributed by atoms with Gasteiger partial charge in [-0.05, 0) is 55.5 Å². The van der Waals surface area contributed by atoms with Crippen molar-refractivity contribution in [2.75, 3.05) is 10.6 Å². The lowest BCUT2D eigenvalue weighted by molar-refractivity contribution is 0.102. The van der Waals surface area contributed by atoms with Crippen molar-refractivity contribution in [3.63, 3.8) is 0 Å². The summed E-state index contributed by atoms with van der Waals surface area (Å²) in [7, 11) is 0. The first-order chi connectivity index (χ1) is 12.6. The van der Waals surface area contributed by atoms with Crippen LogP contribution >= 0.6 is 11.3 Å². The number of anilines is 2. The van der Waals surface area contributed by atoms with Crippen molar-refractivity contribution in [3.05, 3.63) is 82.0 Å². The Balaban J connectivity index is 1.52. The van der Waals surface area contributed by atoms with E-state index in [-0.39, 0.29) is 11.9 Å². The van der Waals surface area contributed by atoms with Crippen molar-refractivity contribution in [1.82, 2.24) is 5.32 Å². The normalized spacial score (nSPS) is 10.2.